The lowest BCUT2D eigenvalue weighted by Gasteiger charge is -2.31. The van der Waals surface area contributed by atoms with Crippen molar-refractivity contribution in [3.63, 3.8) is 0 Å². The van der Waals surface area contributed by atoms with E-state index in [-0.39, 0.29) is 23.5 Å². The molecule has 0 bridgehead atoms. The number of carbonyl (C=O) groups excluding carboxylic acids is 1. The largest absolute Gasteiger partial charge is 0.491 e. The van der Waals surface area contributed by atoms with E-state index in [1.165, 1.54) is 16.8 Å². The summed E-state index contributed by atoms with van der Waals surface area (Å²) in [4.78, 5) is 18.5. The van der Waals surface area contributed by atoms with Crippen LogP contribution in [0.2, 0.25) is 0 Å². The van der Waals surface area contributed by atoms with E-state index < -0.39 is 12.1 Å². The zero-order valence-electron chi connectivity index (χ0n) is 19.6. The lowest BCUT2D eigenvalue weighted by molar-refractivity contribution is -0.189. The first-order valence-corrected chi connectivity index (χ1v) is 11.4. The summed E-state index contributed by atoms with van der Waals surface area (Å²) >= 11 is 0. The molecule has 0 amide bonds. The summed E-state index contributed by atoms with van der Waals surface area (Å²) in [5, 5.41) is 8.95. The third-order valence-electron chi connectivity index (χ3n) is 5.86. The fourth-order valence-electron chi connectivity index (χ4n) is 4.32. The van der Waals surface area contributed by atoms with E-state index in [4.69, 9.17) is 4.52 Å². The summed E-state index contributed by atoms with van der Waals surface area (Å²) in [6.45, 7) is 11.1. The van der Waals surface area contributed by atoms with E-state index >= 15 is 0 Å². The number of esters is 1. The molecule has 184 valence electrons. The van der Waals surface area contributed by atoms with Gasteiger partial charge in [0.05, 0.1) is 16.6 Å². The molecule has 1 aromatic carbocycles. The molecule has 8 nitrogen and oxygen atoms in total. The molecule has 2 aromatic heterocycles. The zero-order valence-corrected chi connectivity index (χ0v) is 19.6. The average Bonchev–Trinajstić information content (AvgIpc) is 3.38. The van der Waals surface area contributed by atoms with Crippen LogP contribution in [0, 0.1) is 5.92 Å². The molecule has 0 spiro atoms. The number of likely N-dealkylation sites (tertiary alicyclic amines) is 1. The minimum absolute atomic E-state index is 0.138. The number of ether oxygens (including phenoxy) is 1. The van der Waals surface area contributed by atoms with Crippen LogP contribution in [0.25, 0.3) is 16.9 Å². The highest BCUT2D eigenvalue weighted by Gasteiger charge is 2.42. The monoisotopic (exact) mass is 479 g/mol. The molecule has 0 aliphatic carbocycles. The number of alkyl halides is 3. The Kier molecular flexibility index (Phi) is 6.66. The summed E-state index contributed by atoms with van der Waals surface area (Å²) < 4.78 is 50.1. The molecule has 1 aliphatic rings. The van der Waals surface area contributed by atoms with Gasteiger partial charge in [0.25, 0.3) is 5.95 Å². The van der Waals surface area contributed by atoms with Gasteiger partial charge in [0, 0.05) is 12.5 Å². The highest BCUT2D eigenvalue weighted by Crippen LogP contribution is 2.35. The Morgan fingerprint density at radius 2 is 1.91 bits per heavy atom. The van der Waals surface area contributed by atoms with E-state index in [0.717, 1.165) is 32.5 Å². The lowest BCUT2D eigenvalue weighted by Crippen LogP contribution is -2.35. The fraction of sp³-hybridized carbons (Fsp3) is 0.565. The third-order valence-corrected chi connectivity index (χ3v) is 5.86. The molecule has 0 radical (unpaired) electrons. The number of aromatic nitrogens is 4. The molecule has 0 atom stereocenters. The number of nitrogens with zero attached hydrogens (tertiary/aromatic N) is 5. The van der Waals surface area contributed by atoms with Crippen molar-refractivity contribution >= 4 is 16.9 Å². The molecule has 0 N–H and O–H groups in total. The molecule has 3 aromatic rings. The molecule has 34 heavy (non-hydrogen) atoms. The maximum absolute atomic E-state index is 12.8. The Bertz CT molecular complexity index is 1160. The predicted molar refractivity (Wildman–Crippen MR) is 118 cm³/mol. The predicted octanol–water partition coefficient (Wildman–Crippen LogP) is 4.84. The van der Waals surface area contributed by atoms with E-state index in [0.29, 0.717) is 28.4 Å². The van der Waals surface area contributed by atoms with Crippen molar-refractivity contribution in [2.24, 2.45) is 5.92 Å². The van der Waals surface area contributed by atoms with E-state index in [1.54, 1.807) is 6.07 Å². The number of hydrogen-bond acceptors (Lipinski definition) is 7. The van der Waals surface area contributed by atoms with Crippen molar-refractivity contribution in [2.45, 2.75) is 58.5 Å². The van der Waals surface area contributed by atoms with Crippen LogP contribution in [0.5, 0.6) is 5.75 Å². The Morgan fingerprint density at radius 1 is 1.21 bits per heavy atom. The smallest absolute Gasteiger partial charge is 0.419 e. The molecular formula is C23H28F3N5O3. The van der Waals surface area contributed by atoms with Gasteiger partial charge < -0.3 is 14.2 Å². The number of piperidine rings is 1. The number of carbonyl (C=O) groups is 1. The lowest BCUT2D eigenvalue weighted by atomic mass is 9.96. The number of benzene rings is 1. The van der Waals surface area contributed by atoms with Crippen molar-refractivity contribution in [1.29, 1.82) is 0 Å². The highest BCUT2D eigenvalue weighted by molar-refractivity contribution is 5.92. The first-order chi connectivity index (χ1) is 16.0. The summed E-state index contributed by atoms with van der Waals surface area (Å²) in [5.74, 6) is -1.20. The maximum Gasteiger partial charge on any atom is 0.491 e. The van der Waals surface area contributed by atoms with Crippen molar-refractivity contribution in [3.05, 3.63) is 29.8 Å². The Morgan fingerprint density at radius 3 is 2.53 bits per heavy atom. The maximum atomic E-state index is 12.8. The van der Waals surface area contributed by atoms with Gasteiger partial charge in [-0.1, -0.05) is 33.8 Å². The summed E-state index contributed by atoms with van der Waals surface area (Å²) in [6, 6.07) is 4.48. The van der Waals surface area contributed by atoms with Crippen LogP contribution >= 0.6 is 0 Å². The van der Waals surface area contributed by atoms with Gasteiger partial charge in [-0.15, -0.1) is 0 Å². The van der Waals surface area contributed by atoms with Gasteiger partial charge in [0.1, 0.15) is 5.75 Å². The minimum Gasteiger partial charge on any atom is -0.419 e. The fourth-order valence-corrected chi connectivity index (χ4v) is 4.32. The molecular weight excluding hydrogens is 451 g/mol. The summed E-state index contributed by atoms with van der Waals surface area (Å²) in [6.07, 6.45) is -3.30. The van der Waals surface area contributed by atoms with Gasteiger partial charge in [0.15, 0.2) is 0 Å². The van der Waals surface area contributed by atoms with E-state index in [1.807, 2.05) is 13.8 Å². The molecule has 4 rings (SSSR count). The second kappa shape index (κ2) is 9.36. The number of fused-ring (bicyclic) bond motifs is 1. The van der Waals surface area contributed by atoms with E-state index in [2.05, 4.69) is 38.7 Å². The number of halogens is 3. The van der Waals surface area contributed by atoms with Crippen LogP contribution in [0.3, 0.4) is 0 Å². The van der Waals surface area contributed by atoms with Crippen molar-refractivity contribution < 1.29 is 27.2 Å². The third kappa shape index (κ3) is 4.94. The summed E-state index contributed by atoms with van der Waals surface area (Å²) in [7, 11) is 0. The van der Waals surface area contributed by atoms with Gasteiger partial charge in [0.2, 0.25) is 5.89 Å². The first kappa shape index (κ1) is 24.2. The van der Waals surface area contributed by atoms with Crippen molar-refractivity contribution in [3.8, 4) is 11.7 Å². The second-order valence-electron chi connectivity index (χ2n) is 9.39. The van der Waals surface area contributed by atoms with Gasteiger partial charge >= 0.3 is 12.1 Å². The quantitative estimate of drug-likeness (QED) is 0.370. The number of hydrogen-bond donors (Lipinski definition) is 0. The average molecular weight is 480 g/mol. The van der Waals surface area contributed by atoms with Gasteiger partial charge in [-0.25, -0.2) is 4.79 Å². The molecule has 11 heteroatoms. The van der Waals surface area contributed by atoms with Crippen LogP contribution in [-0.4, -0.2) is 56.6 Å². The topological polar surface area (TPSA) is 86.3 Å². The SMILES string of the molecule is CC(C)CN1CCC(c2nc(-n3nc(C(C)C)c4c(OC(=O)C(F)(F)F)cccc43)no2)CC1. The second-order valence-corrected chi connectivity index (χ2v) is 9.39. The van der Waals surface area contributed by atoms with Crippen LogP contribution in [0.4, 0.5) is 13.2 Å². The Balaban J connectivity index is 1.64. The molecule has 0 unspecified atom stereocenters. The Labute approximate surface area is 195 Å². The standard InChI is InChI=1S/C23H28F3N5O3/c1-13(2)12-30-10-8-15(9-11-30)20-27-22(29-34-20)31-16-6-5-7-17(33-21(32)23(24,25)26)18(16)19(28-31)14(3)4/h5-7,13-15H,8-12H2,1-4H3. The van der Waals surface area contributed by atoms with Crippen molar-refractivity contribution in [1.82, 2.24) is 24.8 Å². The minimum atomic E-state index is -5.11. The zero-order chi connectivity index (χ0) is 24.6. The van der Waals surface area contributed by atoms with Gasteiger partial charge in [-0.2, -0.15) is 27.9 Å². The van der Waals surface area contributed by atoms with Crippen molar-refractivity contribution in [2.75, 3.05) is 19.6 Å². The highest BCUT2D eigenvalue weighted by atomic mass is 19.4. The molecule has 1 fully saturated rings. The molecule has 0 saturated carbocycles. The first-order valence-electron chi connectivity index (χ1n) is 11.4. The number of rotatable bonds is 6. The molecule has 1 aliphatic heterocycles. The summed E-state index contributed by atoms with van der Waals surface area (Å²) in [5.41, 5.74) is 0.893. The van der Waals surface area contributed by atoms with Gasteiger partial charge in [-0.05, 0) is 55.1 Å². The normalized spacial score (nSPS) is 16.1. The molecule has 3 heterocycles. The van der Waals surface area contributed by atoms with Gasteiger partial charge in [-0.3, -0.25) is 0 Å². The Hall–Kier alpha value is -2.95. The van der Waals surface area contributed by atoms with Crippen LogP contribution in [-0.2, 0) is 4.79 Å². The van der Waals surface area contributed by atoms with Crippen LogP contribution in [0.1, 0.15) is 64.0 Å². The van der Waals surface area contributed by atoms with Crippen LogP contribution in [0.15, 0.2) is 22.7 Å². The van der Waals surface area contributed by atoms with Crippen LogP contribution < -0.4 is 4.74 Å². The van der Waals surface area contributed by atoms with E-state index in [9.17, 15) is 18.0 Å². The molecule has 1 saturated heterocycles.